The second-order valence-electron chi connectivity index (χ2n) is 5.82. The number of aromatic nitrogens is 3. The molecular weight excluding hydrogens is 437 g/mol. The molecule has 1 aromatic heterocycles. The third kappa shape index (κ3) is 5.06. The molecule has 8 nitrogen and oxygen atoms in total. The number of amides is 1. The van der Waals surface area contributed by atoms with Gasteiger partial charge in [-0.1, -0.05) is 35.0 Å². The molecule has 0 atom stereocenters. The highest BCUT2D eigenvalue weighted by molar-refractivity contribution is 7.99. The van der Waals surface area contributed by atoms with E-state index in [0.29, 0.717) is 33.3 Å². The van der Waals surface area contributed by atoms with Crippen LogP contribution in [0.2, 0.25) is 10.0 Å². The molecule has 0 aliphatic rings. The molecule has 0 aliphatic carbocycles. The number of hydrogen-bond acceptors (Lipinski definition) is 6. The van der Waals surface area contributed by atoms with Crippen molar-refractivity contribution in [1.29, 1.82) is 0 Å². The second kappa shape index (κ2) is 9.25. The van der Waals surface area contributed by atoms with Crippen molar-refractivity contribution in [2.75, 3.05) is 11.1 Å². The molecule has 1 heterocycles. The summed E-state index contributed by atoms with van der Waals surface area (Å²) in [5.41, 5.74) is 1.22. The number of benzene rings is 2. The summed E-state index contributed by atoms with van der Waals surface area (Å²) in [6.45, 7) is 2.56. The van der Waals surface area contributed by atoms with Gasteiger partial charge in [-0.15, -0.1) is 10.2 Å². The van der Waals surface area contributed by atoms with Crippen LogP contribution in [0.25, 0.3) is 11.4 Å². The monoisotopic (exact) mass is 451 g/mol. The molecule has 0 aliphatic heterocycles. The van der Waals surface area contributed by atoms with Gasteiger partial charge in [0.05, 0.1) is 20.7 Å². The fourth-order valence-corrected chi connectivity index (χ4v) is 3.62. The molecule has 1 amide bonds. The molecule has 0 saturated heterocycles. The number of nitrogens with one attached hydrogen (secondary N) is 1. The first-order chi connectivity index (χ1) is 13.9. The third-order valence-electron chi connectivity index (χ3n) is 3.91. The summed E-state index contributed by atoms with van der Waals surface area (Å²) < 4.78 is 1.88. The van der Waals surface area contributed by atoms with Crippen LogP contribution in [0, 0.1) is 10.1 Å². The quantitative estimate of drug-likeness (QED) is 0.310. The van der Waals surface area contributed by atoms with Crippen LogP contribution < -0.4 is 5.32 Å². The van der Waals surface area contributed by atoms with Crippen LogP contribution in [-0.2, 0) is 11.3 Å². The molecule has 11 heteroatoms. The third-order valence-corrected chi connectivity index (χ3v) is 5.61. The summed E-state index contributed by atoms with van der Waals surface area (Å²) in [5, 5.41) is 23.2. The number of rotatable bonds is 7. The Bertz CT molecular complexity index is 1060. The molecular formula is C18H15Cl2N5O3S. The zero-order chi connectivity index (χ0) is 21.0. The number of hydrogen-bond donors (Lipinski definition) is 1. The van der Waals surface area contributed by atoms with Gasteiger partial charge in [-0.05, 0) is 37.3 Å². The molecule has 0 radical (unpaired) electrons. The average molecular weight is 452 g/mol. The lowest BCUT2D eigenvalue weighted by Crippen LogP contribution is -2.14. The number of carbonyl (C=O) groups excluding carboxylic acids is 1. The van der Waals surface area contributed by atoms with E-state index in [0.717, 1.165) is 5.56 Å². The number of non-ortho nitro benzene ring substituents is 1. The van der Waals surface area contributed by atoms with Crippen LogP contribution in [0.3, 0.4) is 0 Å². The van der Waals surface area contributed by atoms with Crippen LogP contribution in [0.4, 0.5) is 11.4 Å². The lowest BCUT2D eigenvalue weighted by atomic mass is 10.2. The van der Waals surface area contributed by atoms with E-state index in [1.165, 1.54) is 36.0 Å². The summed E-state index contributed by atoms with van der Waals surface area (Å²) >= 11 is 13.3. The van der Waals surface area contributed by atoms with Gasteiger partial charge in [-0.25, -0.2) is 0 Å². The highest BCUT2D eigenvalue weighted by Gasteiger charge is 2.16. The van der Waals surface area contributed by atoms with E-state index in [9.17, 15) is 14.9 Å². The van der Waals surface area contributed by atoms with Gasteiger partial charge in [0, 0.05) is 29.9 Å². The Kier molecular flexibility index (Phi) is 6.73. The van der Waals surface area contributed by atoms with Crippen molar-refractivity contribution in [3.8, 4) is 11.4 Å². The lowest BCUT2D eigenvalue weighted by Gasteiger charge is -2.08. The normalized spacial score (nSPS) is 10.7. The molecule has 0 bridgehead atoms. The topological polar surface area (TPSA) is 103 Å². The Morgan fingerprint density at radius 3 is 2.52 bits per heavy atom. The number of thioether (sulfide) groups is 1. The van der Waals surface area contributed by atoms with Crippen LogP contribution in [0.15, 0.2) is 47.6 Å². The first-order valence-corrected chi connectivity index (χ1v) is 10.2. The average Bonchev–Trinajstić information content (AvgIpc) is 3.12. The molecule has 29 heavy (non-hydrogen) atoms. The lowest BCUT2D eigenvalue weighted by molar-refractivity contribution is -0.384. The van der Waals surface area contributed by atoms with E-state index in [1.54, 1.807) is 18.2 Å². The minimum atomic E-state index is -0.496. The minimum absolute atomic E-state index is 0.0387. The number of nitrogens with zero attached hydrogens (tertiary/aromatic N) is 4. The maximum atomic E-state index is 12.2. The van der Waals surface area contributed by atoms with Crippen LogP contribution in [0.5, 0.6) is 0 Å². The predicted octanol–water partition coefficient (Wildman–Crippen LogP) is 4.91. The van der Waals surface area contributed by atoms with E-state index in [2.05, 4.69) is 15.5 Å². The molecule has 3 aromatic rings. The summed E-state index contributed by atoms with van der Waals surface area (Å²) in [6.07, 6.45) is 0. The SMILES string of the molecule is CCn1c(SCC(=O)Nc2ccc([N+](=O)[O-])cc2)nnc1-c1ccc(Cl)c(Cl)c1. The second-order valence-corrected chi connectivity index (χ2v) is 7.58. The molecule has 0 spiro atoms. The minimum Gasteiger partial charge on any atom is -0.325 e. The number of nitro benzene ring substituents is 1. The van der Waals surface area contributed by atoms with Gasteiger partial charge < -0.3 is 9.88 Å². The molecule has 1 N–H and O–H groups in total. The Morgan fingerprint density at radius 2 is 1.90 bits per heavy atom. The number of halogens is 2. The summed E-state index contributed by atoms with van der Waals surface area (Å²) in [6, 6.07) is 10.9. The summed E-state index contributed by atoms with van der Waals surface area (Å²) in [4.78, 5) is 22.4. The van der Waals surface area contributed by atoms with E-state index >= 15 is 0 Å². The maximum Gasteiger partial charge on any atom is 0.269 e. The zero-order valence-corrected chi connectivity index (χ0v) is 17.5. The van der Waals surface area contributed by atoms with E-state index in [-0.39, 0.29) is 17.3 Å². The fraction of sp³-hybridized carbons (Fsp3) is 0.167. The molecule has 2 aromatic carbocycles. The zero-order valence-electron chi connectivity index (χ0n) is 15.1. The molecule has 3 rings (SSSR count). The van der Waals surface area contributed by atoms with E-state index < -0.39 is 4.92 Å². The smallest absolute Gasteiger partial charge is 0.269 e. The van der Waals surface area contributed by atoms with Gasteiger partial charge in [0.1, 0.15) is 0 Å². The first kappa shape index (κ1) is 21.1. The van der Waals surface area contributed by atoms with Gasteiger partial charge >= 0.3 is 0 Å². The molecule has 0 fully saturated rings. The number of anilines is 1. The Morgan fingerprint density at radius 1 is 1.17 bits per heavy atom. The molecule has 150 valence electrons. The van der Waals surface area contributed by atoms with Gasteiger partial charge in [0.15, 0.2) is 11.0 Å². The van der Waals surface area contributed by atoms with Gasteiger partial charge in [0.2, 0.25) is 5.91 Å². The number of nitro groups is 1. The Labute approximate surface area is 180 Å². The van der Waals surface area contributed by atoms with Crippen LogP contribution in [-0.4, -0.2) is 31.3 Å². The molecule has 0 unspecified atom stereocenters. The van der Waals surface area contributed by atoms with Crippen molar-refractivity contribution >= 4 is 52.2 Å². The molecule has 0 saturated carbocycles. The van der Waals surface area contributed by atoms with Gasteiger partial charge in [-0.3, -0.25) is 14.9 Å². The fourth-order valence-electron chi connectivity index (χ4n) is 2.52. The maximum absolute atomic E-state index is 12.2. The van der Waals surface area contributed by atoms with Crippen molar-refractivity contribution in [3.63, 3.8) is 0 Å². The largest absolute Gasteiger partial charge is 0.325 e. The Balaban J connectivity index is 1.67. The van der Waals surface area contributed by atoms with Crippen LogP contribution in [0.1, 0.15) is 6.92 Å². The standard InChI is InChI=1S/C18H15Cl2N5O3S/c1-2-24-17(11-3-8-14(19)15(20)9-11)22-23-18(24)29-10-16(26)21-12-4-6-13(7-5-12)25(27)28/h3-9H,2,10H2,1H3,(H,21,26). The van der Waals surface area contributed by atoms with Crippen molar-refractivity contribution < 1.29 is 9.72 Å². The first-order valence-electron chi connectivity index (χ1n) is 8.44. The van der Waals surface area contributed by atoms with Crippen molar-refractivity contribution in [2.24, 2.45) is 0 Å². The highest BCUT2D eigenvalue weighted by atomic mass is 35.5. The van der Waals surface area contributed by atoms with E-state index in [1.807, 2.05) is 11.5 Å². The van der Waals surface area contributed by atoms with Crippen molar-refractivity contribution in [3.05, 3.63) is 62.6 Å². The van der Waals surface area contributed by atoms with Crippen LogP contribution >= 0.6 is 35.0 Å². The predicted molar refractivity (Wildman–Crippen MR) is 114 cm³/mol. The Hall–Kier alpha value is -2.62. The van der Waals surface area contributed by atoms with Crippen molar-refractivity contribution in [1.82, 2.24) is 14.8 Å². The summed E-state index contributed by atoms with van der Waals surface area (Å²) in [5.74, 6) is 0.478. The van der Waals surface area contributed by atoms with Crippen molar-refractivity contribution in [2.45, 2.75) is 18.6 Å². The van der Waals surface area contributed by atoms with Gasteiger partial charge in [-0.2, -0.15) is 0 Å². The number of carbonyl (C=O) groups is 1. The van der Waals surface area contributed by atoms with Gasteiger partial charge in [0.25, 0.3) is 5.69 Å². The van der Waals surface area contributed by atoms with E-state index in [4.69, 9.17) is 23.2 Å². The highest BCUT2D eigenvalue weighted by Crippen LogP contribution is 2.29. The summed E-state index contributed by atoms with van der Waals surface area (Å²) in [7, 11) is 0.